The lowest BCUT2D eigenvalue weighted by Gasteiger charge is -2.27. The SMILES string of the molecule is NC(=O)C1C(NC(=O)Nc2cccc(Cl)c2)SC2CCCCC21. The van der Waals surface area contributed by atoms with Crippen LogP contribution in [-0.4, -0.2) is 22.6 Å². The van der Waals surface area contributed by atoms with Crippen LogP contribution in [0.5, 0.6) is 0 Å². The lowest BCUT2D eigenvalue weighted by Crippen LogP contribution is -2.45. The molecule has 23 heavy (non-hydrogen) atoms. The number of nitrogens with one attached hydrogen (secondary N) is 2. The third-order valence-corrected chi connectivity index (χ3v) is 6.42. The quantitative estimate of drug-likeness (QED) is 0.780. The fourth-order valence-corrected chi connectivity index (χ4v) is 5.61. The van der Waals surface area contributed by atoms with Gasteiger partial charge >= 0.3 is 6.03 Å². The molecule has 1 aliphatic heterocycles. The molecular weight excluding hydrogens is 334 g/mol. The number of thioether (sulfide) groups is 1. The van der Waals surface area contributed by atoms with Crippen molar-refractivity contribution >= 4 is 41.0 Å². The predicted octanol–water partition coefficient (Wildman–Crippen LogP) is 3.19. The normalized spacial score (nSPS) is 29.6. The molecule has 0 bridgehead atoms. The average Bonchev–Trinajstić information content (AvgIpc) is 2.84. The molecule has 2 aliphatic rings. The van der Waals surface area contributed by atoms with E-state index >= 15 is 0 Å². The van der Waals surface area contributed by atoms with Crippen LogP contribution >= 0.6 is 23.4 Å². The minimum atomic E-state index is -0.338. The van der Waals surface area contributed by atoms with Crippen molar-refractivity contribution in [1.29, 1.82) is 0 Å². The summed E-state index contributed by atoms with van der Waals surface area (Å²) in [4.78, 5) is 24.1. The maximum atomic E-state index is 12.2. The van der Waals surface area contributed by atoms with Crippen molar-refractivity contribution < 1.29 is 9.59 Å². The minimum Gasteiger partial charge on any atom is -0.369 e. The lowest BCUT2D eigenvalue weighted by molar-refractivity contribution is -0.123. The van der Waals surface area contributed by atoms with E-state index in [9.17, 15) is 9.59 Å². The van der Waals surface area contributed by atoms with Gasteiger partial charge in [0.1, 0.15) is 0 Å². The van der Waals surface area contributed by atoms with Crippen LogP contribution in [0.3, 0.4) is 0 Å². The van der Waals surface area contributed by atoms with Gasteiger partial charge in [0, 0.05) is 16.0 Å². The van der Waals surface area contributed by atoms with Crippen LogP contribution in [0.25, 0.3) is 0 Å². The Balaban J connectivity index is 1.66. The van der Waals surface area contributed by atoms with Gasteiger partial charge in [0.15, 0.2) is 0 Å². The molecule has 1 saturated carbocycles. The molecule has 124 valence electrons. The summed E-state index contributed by atoms with van der Waals surface area (Å²) in [6.07, 6.45) is 4.42. The number of carbonyl (C=O) groups excluding carboxylic acids is 2. The van der Waals surface area contributed by atoms with Crippen molar-refractivity contribution in [3.05, 3.63) is 29.3 Å². The van der Waals surface area contributed by atoms with Gasteiger partial charge < -0.3 is 16.4 Å². The Morgan fingerprint density at radius 1 is 1.26 bits per heavy atom. The topological polar surface area (TPSA) is 84.2 Å². The Bertz CT molecular complexity index is 613. The Morgan fingerprint density at radius 2 is 2.04 bits per heavy atom. The molecule has 2 fully saturated rings. The zero-order valence-corrected chi connectivity index (χ0v) is 14.2. The summed E-state index contributed by atoms with van der Waals surface area (Å²) in [6.45, 7) is 0. The first-order valence-corrected chi connectivity index (χ1v) is 9.14. The molecule has 3 amide bonds. The first-order chi connectivity index (χ1) is 11.0. The third kappa shape index (κ3) is 3.75. The number of amides is 3. The molecule has 1 aliphatic carbocycles. The summed E-state index contributed by atoms with van der Waals surface area (Å²) >= 11 is 7.58. The highest BCUT2D eigenvalue weighted by Gasteiger charge is 2.48. The maximum Gasteiger partial charge on any atom is 0.320 e. The zero-order valence-electron chi connectivity index (χ0n) is 12.6. The van der Waals surface area contributed by atoms with Gasteiger partial charge in [0.25, 0.3) is 0 Å². The summed E-state index contributed by atoms with van der Waals surface area (Å²) in [7, 11) is 0. The van der Waals surface area contributed by atoms with E-state index in [0.29, 0.717) is 16.0 Å². The van der Waals surface area contributed by atoms with Gasteiger partial charge in [0.05, 0.1) is 11.3 Å². The Hall–Kier alpha value is -1.40. The molecular formula is C16H20ClN3O2S. The number of carbonyl (C=O) groups is 2. The number of anilines is 1. The summed E-state index contributed by atoms with van der Waals surface area (Å²) < 4.78 is 0. The van der Waals surface area contributed by atoms with E-state index in [2.05, 4.69) is 10.6 Å². The molecule has 1 saturated heterocycles. The second-order valence-electron chi connectivity index (χ2n) is 6.08. The summed E-state index contributed by atoms with van der Waals surface area (Å²) in [5.74, 6) is -0.335. The van der Waals surface area contributed by atoms with E-state index in [0.717, 1.165) is 19.3 Å². The van der Waals surface area contributed by atoms with Crippen molar-refractivity contribution in [1.82, 2.24) is 5.32 Å². The molecule has 4 N–H and O–H groups in total. The van der Waals surface area contributed by atoms with Crippen molar-refractivity contribution in [2.75, 3.05) is 5.32 Å². The van der Waals surface area contributed by atoms with Crippen LogP contribution in [-0.2, 0) is 4.79 Å². The molecule has 0 spiro atoms. The maximum absolute atomic E-state index is 12.2. The Labute approximate surface area is 144 Å². The number of rotatable bonds is 3. The number of halogens is 1. The van der Waals surface area contributed by atoms with Crippen molar-refractivity contribution in [3.63, 3.8) is 0 Å². The van der Waals surface area contributed by atoms with E-state index in [1.54, 1.807) is 36.0 Å². The highest BCUT2D eigenvalue weighted by Crippen LogP contribution is 2.48. The number of nitrogens with two attached hydrogens (primary N) is 1. The van der Waals surface area contributed by atoms with Gasteiger partial charge in [-0.15, -0.1) is 11.8 Å². The molecule has 1 aromatic rings. The standard InChI is InChI=1S/C16H20ClN3O2S/c17-9-4-3-5-10(8-9)19-16(22)20-15-13(14(18)21)11-6-1-2-7-12(11)23-15/h3-5,8,11-13,15H,1-2,6-7H2,(H2,18,21)(H2,19,20,22). The van der Waals surface area contributed by atoms with Gasteiger partial charge in [-0.1, -0.05) is 30.5 Å². The van der Waals surface area contributed by atoms with Gasteiger partial charge in [0.2, 0.25) is 5.91 Å². The average molecular weight is 354 g/mol. The van der Waals surface area contributed by atoms with Crippen molar-refractivity contribution in [2.45, 2.75) is 36.3 Å². The molecule has 0 radical (unpaired) electrons. The highest BCUT2D eigenvalue weighted by atomic mass is 35.5. The molecule has 5 nitrogen and oxygen atoms in total. The molecule has 1 heterocycles. The molecule has 4 atom stereocenters. The second kappa shape index (κ2) is 7.01. The Morgan fingerprint density at radius 3 is 2.78 bits per heavy atom. The summed E-state index contributed by atoms with van der Waals surface area (Å²) in [5, 5.41) is 6.36. The molecule has 1 aromatic carbocycles. The fraction of sp³-hybridized carbons (Fsp3) is 0.500. The number of primary amides is 1. The number of fused-ring (bicyclic) bond motifs is 1. The summed E-state index contributed by atoms with van der Waals surface area (Å²) in [5.41, 5.74) is 6.22. The molecule has 7 heteroatoms. The van der Waals surface area contributed by atoms with Crippen molar-refractivity contribution in [3.8, 4) is 0 Å². The predicted molar refractivity (Wildman–Crippen MR) is 93.4 cm³/mol. The molecule has 0 aromatic heterocycles. The van der Waals surface area contributed by atoms with Crippen molar-refractivity contribution in [2.24, 2.45) is 17.6 Å². The number of benzene rings is 1. The van der Waals surface area contributed by atoms with Gasteiger partial charge in [-0.2, -0.15) is 0 Å². The first kappa shape index (κ1) is 16.5. The third-order valence-electron chi connectivity index (χ3n) is 4.55. The van der Waals surface area contributed by atoms with Crippen LogP contribution in [0.2, 0.25) is 5.02 Å². The lowest BCUT2D eigenvalue weighted by atomic mass is 9.79. The Kier molecular flexibility index (Phi) is 5.02. The van der Waals surface area contributed by atoms with Gasteiger partial charge in [-0.25, -0.2) is 4.79 Å². The summed E-state index contributed by atoms with van der Waals surface area (Å²) in [6, 6.07) is 6.61. The van der Waals surface area contributed by atoms with Crippen LogP contribution in [0, 0.1) is 11.8 Å². The van der Waals surface area contributed by atoms with E-state index in [-0.39, 0.29) is 29.1 Å². The van der Waals surface area contributed by atoms with E-state index in [1.165, 1.54) is 6.42 Å². The smallest absolute Gasteiger partial charge is 0.320 e. The van der Waals surface area contributed by atoms with Crippen LogP contribution in [0.1, 0.15) is 25.7 Å². The van der Waals surface area contributed by atoms with Gasteiger partial charge in [-0.05, 0) is 37.0 Å². The molecule has 4 unspecified atom stereocenters. The largest absolute Gasteiger partial charge is 0.369 e. The second-order valence-corrected chi connectivity index (χ2v) is 7.90. The number of hydrogen-bond acceptors (Lipinski definition) is 3. The number of urea groups is 1. The minimum absolute atomic E-state index is 0.264. The zero-order chi connectivity index (χ0) is 16.4. The fourth-order valence-electron chi connectivity index (χ4n) is 3.55. The van der Waals surface area contributed by atoms with E-state index in [4.69, 9.17) is 17.3 Å². The van der Waals surface area contributed by atoms with Crippen LogP contribution in [0.4, 0.5) is 10.5 Å². The van der Waals surface area contributed by atoms with Crippen LogP contribution < -0.4 is 16.4 Å². The van der Waals surface area contributed by atoms with Gasteiger partial charge in [-0.3, -0.25) is 4.79 Å². The van der Waals surface area contributed by atoms with Crippen LogP contribution in [0.15, 0.2) is 24.3 Å². The first-order valence-electron chi connectivity index (χ1n) is 7.82. The van der Waals surface area contributed by atoms with E-state index < -0.39 is 0 Å². The highest BCUT2D eigenvalue weighted by molar-refractivity contribution is 8.00. The number of hydrogen-bond donors (Lipinski definition) is 3. The van der Waals surface area contributed by atoms with E-state index in [1.807, 2.05) is 0 Å². The molecule has 3 rings (SSSR count). The monoisotopic (exact) mass is 353 g/mol.